The number of amides is 3. The molecule has 1 unspecified atom stereocenters. The van der Waals surface area contributed by atoms with E-state index in [1.165, 1.54) is 24.1 Å². The van der Waals surface area contributed by atoms with Gasteiger partial charge in [0.2, 0.25) is 11.8 Å². The zero-order chi connectivity index (χ0) is 19.8. The molecule has 0 aromatic heterocycles. The molecular formula is C19H22N2O6. The van der Waals surface area contributed by atoms with Crippen molar-refractivity contribution in [2.45, 2.75) is 38.1 Å². The van der Waals surface area contributed by atoms with Crippen LogP contribution in [0.15, 0.2) is 18.2 Å². The van der Waals surface area contributed by atoms with Gasteiger partial charge in [0, 0.05) is 25.5 Å². The Balaban J connectivity index is 2.12. The number of carbonyl (C=O) groups is 5. The van der Waals surface area contributed by atoms with E-state index in [1.54, 1.807) is 6.07 Å². The fraction of sp³-hybridized carbons (Fsp3) is 0.421. The number of aldehydes is 2. The van der Waals surface area contributed by atoms with Gasteiger partial charge in [-0.25, -0.2) is 0 Å². The van der Waals surface area contributed by atoms with Gasteiger partial charge in [-0.3, -0.25) is 24.5 Å². The molecule has 1 heterocycles. The van der Waals surface area contributed by atoms with Crippen LogP contribution < -0.4 is 10.1 Å². The molecule has 0 aliphatic carbocycles. The van der Waals surface area contributed by atoms with Crippen LogP contribution in [-0.2, 0) is 14.4 Å². The first-order chi connectivity index (χ1) is 13.0. The molecular weight excluding hydrogens is 352 g/mol. The fourth-order valence-electron chi connectivity index (χ4n) is 2.82. The quantitative estimate of drug-likeness (QED) is 0.394. The van der Waals surface area contributed by atoms with Crippen molar-refractivity contribution in [1.29, 1.82) is 0 Å². The molecule has 1 aromatic carbocycles. The number of ether oxygens (including phenoxy) is 1. The Kier molecular flexibility index (Phi) is 7.22. The van der Waals surface area contributed by atoms with Gasteiger partial charge in [-0.05, 0) is 37.5 Å². The number of benzene rings is 1. The largest absolute Gasteiger partial charge is 0.494 e. The topological polar surface area (TPSA) is 110 Å². The average Bonchev–Trinajstić information content (AvgIpc) is 2.66. The summed E-state index contributed by atoms with van der Waals surface area (Å²) in [5.74, 6) is -0.974. The van der Waals surface area contributed by atoms with Crippen molar-refractivity contribution in [2.24, 2.45) is 0 Å². The Morgan fingerprint density at radius 3 is 2.74 bits per heavy atom. The molecule has 1 aromatic rings. The van der Waals surface area contributed by atoms with Gasteiger partial charge in [-0.15, -0.1) is 0 Å². The van der Waals surface area contributed by atoms with Gasteiger partial charge in [-0.1, -0.05) is 0 Å². The van der Waals surface area contributed by atoms with Crippen molar-refractivity contribution in [1.82, 2.24) is 10.2 Å². The van der Waals surface area contributed by atoms with Crippen LogP contribution in [0.5, 0.6) is 5.75 Å². The summed E-state index contributed by atoms with van der Waals surface area (Å²) >= 11 is 0. The molecule has 0 bridgehead atoms. The standard InChI is InChI=1S/C19H22N2O6/c1-21(16-7-8-17(24)20-18(16)25)19(26)15-11-14(6-5-13(15)12-23)27-10-4-2-3-9-22/h5-6,9,11-12,16H,2-4,7-8,10H2,1H3,(H,20,24,25). The summed E-state index contributed by atoms with van der Waals surface area (Å²) in [6, 6.07) is 3.77. The molecule has 8 nitrogen and oxygen atoms in total. The Morgan fingerprint density at radius 2 is 2.07 bits per heavy atom. The smallest absolute Gasteiger partial charge is 0.255 e. The van der Waals surface area contributed by atoms with E-state index >= 15 is 0 Å². The highest BCUT2D eigenvalue weighted by atomic mass is 16.5. The number of nitrogens with zero attached hydrogens (tertiary/aromatic N) is 1. The van der Waals surface area contributed by atoms with E-state index in [-0.39, 0.29) is 29.9 Å². The molecule has 8 heteroatoms. The van der Waals surface area contributed by atoms with E-state index in [0.717, 1.165) is 6.29 Å². The minimum atomic E-state index is -0.775. The van der Waals surface area contributed by atoms with Crippen LogP contribution in [0.2, 0.25) is 0 Å². The maximum absolute atomic E-state index is 12.8. The summed E-state index contributed by atoms with van der Waals surface area (Å²) in [6.45, 7) is 0.380. The summed E-state index contributed by atoms with van der Waals surface area (Å²) in [5, 5.41) is 2.21. The third kappa shape index (κ3) is 5.22. The van der Waals surface area contributed by atoms with Crippen LogP contribution in [-0.4, -0.2) is 54.9 Å². The van der Waals surface area contributed by atoms with E-state index in [1.807, 2.05) is 0 Å². The number of piperidine rings is 1. The Hall–Kier alpha value is -3.03. The molecule has 0 saturated carbocycles. The molecule has 144 valence electrons. The summed E-state index contributed by atoms with van der Waals surface area (Å²) in [6.07, 6.45) is 3.66. The van der Waals surface area contributed by atoms with Crippen LogP contribution in [0.1, 0.15) is 52.8 Å². The van der Waals surface area contributed by atoms with Crippen molar-refractivity contribution in [3.05, 3.63) is 29.3 Å². The lowest BCUT2D eigenvalue weighted by Crippen LogP contribution is -2.53. The normalized spacial score (nSPS) is 16.4. The highest BCUT2D eigenvalue weighted by molar-refractivity contribution is 6.06. The number of nitrogens with one attached hydrogen (secondary N) is 1. The van der Waals surface area contributed by atoms with Crippen molar-refractivity contribution in [3.63, 3.8) is 0 Å². The predicted octanol–water partition coefficient (Wildman–Crippen LogP) is 1.12. The van der Waals surface area contributed by atoms with Crippen molar-refractivity contribution in [2.75, 3.05) is 13.7 Å². The third-order valence-electron chi connectivity index (χ3n) is 4.37. The Bertz CT molecular complexity index is 746. The van der Waals surface area contributed by atoms with Crippen molar-refractivity contribution >= 4 is 30.3 Å². The molecule has 1 aliphatic rings. The average molecular weight is 374 g/mol. The molecule has 1 saturated heterocycles. The van der Waals surface area contributed by atoms with Gasteiger partial charge in [0.15, 0.2) is 6.29 Å². The number of hydrogen-bond acceptors (Lipinski definition) is 6. The van der Waals surface area contributed by atoms with E-state index < -0.39 is 17.9 Å². The fourth-order valence-corrected chi connectivity index (χ4v) is 2.82. The lowest BCUT2D eigenvalue weighted by molar-refractivity contribution is -0.136. The number of rotatable bonds is 9. The molecule has 3 amide bonds. The van der Waals surface area contributed by atoms with Crippen LogP contribution in [0.4, 0.5) is 0 Å². The predicted molar refractivity (Wildman–Crippen MR) is 95.5 cm³/mol. The van der Waals surface area contributed by atoms with Gasteiger partial charge in [0.25, 0.3) is 5.91 Å². The monoisotopic (exact) mass is 374 g/mol. The Labute approximate surface area is 156 Å². The minimum Gasteiger partial charge on any atom is -0.494 e. The number of unbranched alkanes of at least 4 members (excludes halogenated alkanes) is 2. The zero-order valence-electron chi connectivity index (χ0n) is 15.1. The summed E-state index contributed by atoms with van der Waals surface area (Å²) < 4.78 is 5.58. The van der Waals surface area contributed by atoms with E-state index in [0.29, 0.717) is 37.9 Å². The van der Waals surface area contributed by atoms with Crippen LogP contribution in [0, 0.1) is 0 Å². The molecule has 0 spiro atoms. The van der Waals surface area contributed by atoms with Gasteiger partial charge in [-0.2, -0.15) is 0 Å². The number of carbonyl (C=O) groups excluding carboxylic acids is 5. The summed E-state index contributed by atoms with van der Waals surface area (Å²) in [4.78, 5) is 58.9. The maximum Gasteiger partial charge on any atom is 0.255 e. The van der Waals surface area contributed by atoms with Crippen LogP contribution in [0.3, 0.4) is 0 Å². The second-order valence-corrected chi connectivity index (χ2v) is 6.26. The highest BCUT2D eigenvalue weighted by Crippen LogP contribution is 2.21. The molecule has 27 heavy (non-hydrogen) atoms. The van der Waals surface area contributed by atoms with Gasteiger partial charge < -0.3 is 14.4 Å². The second-order valence-electron chi connectivity index (χ2n) is 6.26. The first-order valence-corrected chi connectivity index (χ1v) is 8.74. The maximum atomic E-state index is 12.8. The molecule has 1 aliphatic heterocycles. The van der Waals surface area contributed by atoms with Gasteiger partial charge in [0.05, 0.1) is 12.2 Å². The van der Waals surface area contributed by atoms with Crippen molar-refractivity contribution < 1.29 is 28.7 Å². The minimum absolute atomic E-state index is 0.127. The molecule has 1 atom stereocenters. The number of likely N-dealkylation sites (N-methyl/N-ethyl adjacent to an activating group) is 1. The zero-order valence-corrected chi connectivity index (χ0v) is 15.1. The summed E-state index contributed by atoms with van der Waals surface area (Å²) in [5.41, 5.74) is 0.315. The number of imide groups is 1. The van der Waals surface area contributed by atoms with E-state index in [9.17, 15) is 24.0 Å². The van der Waals surface area contributed by atoms with Gasteiger partial charge >= 0.3 is 0 Å². The first kappa shape index (κ1) is 20.3. The SMILES string of the molecule is CN(C(=O)c1cc(OCCCCC=O)ccc1C=O)C1CCC(=O)NC1=O. The van der Waals surface area contributed by atoms with E-state index in [4.69, 9.17) is 4.74 Å². The molecule has 1 fully saturated rings. The highest BCUT2D eigenvalue weighted by Gasteiger charge is 2.33. The Morgan fingerprint density at radius 1 is 1.30 bits per heavy atom. The third-order valence-corrected chi connectivity index (χ3v) is 4.37. The lowest BCUT2D eigenvalue weighted by Gasteiger charge is -2.30. The van der Waals surface area contributed by atoms with Crippen LogP contribution in [0.25, 0.3) is 0 Å². The second kappa shape index (κ2) is 9.61. The lowest BCUT2D eigenvalue weighted by atomic mass is 10.0. The van der Waals surface area contributed by atoms with Crippen molar-refractivity contribution in [3.8, 4) is 5.75 Å². The summed E-state index contributed by atoms with van der Waals surface area (Å²) in [7, 11) is 1.46. The van der Waals surface area contributed by atoms with Gasteiger partial charge in [0.1, 0.15) is 18.1 Å². The molecule has 2 rings (SSSR count). The number of hydrogen-bond donors (Lipinski definition) is 1. The molecule has 0 radical (unpaired) electrons. The molecule has 1 N–H and O–H groups in total. The first-order valence-electron chi connectivity index (χ1n) is 8.74. The van der Waals surface area contributed by atoms with Crippen LogP contribution >= 0.6 is 0 Å². The van der Waals surface area contributed by atoms with E-state index in [2.05, 4.69) is 5.32 Å².